The molecule has 1 N–H and O–H groups in total. The van der Waals surface area contributed by atoms with Gasteiger partial charge in [-0.15, -0.1) is 11.3 Å². The molecular formula is C18H20N2O5S. The molecule has 1 aliphatic heterocycles. The first-order valence-electron chi connectivity index (χ1n) is 8.36. The molecule has 2 heterocycles. The van der Waals surface area contributed by atoms with Crippen molar-refractivity contribution >= 4 is 23.2 Å². The Hall–Kier alpha value is -2.45. The van der Waals surface area contributed by atoms with Crippen LogP contribution in [-0.2, 0) is 20.7 Å². The molecule has 0 saturated carbocycles. The van der Waals surface area contributed by atoms with Crippen molar-refractivity contribution in [2.75, 3.05) is 26.4 Å². The number of nitrogens with zero attached hydrogens (tertiary/aromatic N) is 2. The zero-order valence-corrected chi connectivity index (χ0v) is 15.2. The molecule has 1 saturated heterocycles. The number of ether oxygens (including phenoxy) is 2. The van der Waals surface area contributed by atoms with E-state index < -0.39 is 12.0 Å². The molecule has 3 rings (SSSR count). The van der Waals surface area contributed by atoms with Gasteiger partial charge in [-0.25, -0.2) is 9.78 Å². The maximum atomic E-state index is 12.5. The number of carboxylic acid groups (broad SMARTS) is 1. The molecule has 8 heteroatoms. The van der Waals surface area contributed by atoms with Crippen LogP contribution in [0, 0.1) is 0 Å². The molecule has 1 aromatic carbocycles. The summed E-state index contributed by atoms with van der Waals surface area (Å²) in [5.41, 5.74) is 1.59. The molecule has 1 aromatic heterocycles. The third kappa shape index (κ3) is 4.20. The molecule has 26 heavy (non-hydrogen) atoms. The largest absolute Gasteiger partial charge is 0.494 e. The number of amides is 1. The summed E-state index contributed by atoms with van der Waals surface area (Å²) in [6.07, 6.45) is 0.0807. The molecule has 0 bridgehead atoms. The quantitative estimate of drug-likeness (QED) is 0.830. The number of morpholine rings is 1. The molecule has 1 fully saturated rings. The lowest BCUT2D eigenvalue weighted by atomic mass is 10.2. The van der Waals surface area contributed by atoms with E-state index in [0.29, 0.717) is 18.9 Å². The first-order valence-corrected chi connectivity index (χ1v) is 9.24. The van der Waals surface area contributed by atoms with Gasteiger partial charge in [0.1, 0.15) is 10.8 Å². The van der Waals surface area contributed by atoms with Gasteiger partial charge >= 0.3 is 5.97 Å². The summed E-state index contributed by atoms with van der Waals surface area (Å²) in [6.45, 7) is 3.20. The highest BCUT2D eigenvalue weighted by Crippen LogP contribution is 2.26. The van der Waals surface area contributed by atoms with Crippen LogP contribution >= 0.6 is 11.3 Å². The van der Waals surface area contributed by atoms with Gasteiger partial charge in [0, 0.05) is 17.5 Å². The number of carbonyl (C=O) groups excluding carboxylic acids is 1. The Kier molecular flexibility index (Phi) is 5.85. The van der Waals surface area contributed by atoms with Crippen LogP contribution in [-0.4, -0.2) is 59.3 Å². The van der Waals surface area contributed by atoms with Crippen LogP contribution < -0.4 is 4.74 Å². The molecule has 1 aliphatic rings. The van der Waals surface area contributed by atoms with Crippen LogP contribution in [0.1, 0.15) is 12.6 Å². The van der Waals surface area contributed by atoms with Gasteiger partial charge in [-0.2, -0.15) is 0 Å². The highest BCUT2D eigenvalue weighted by atomic mass is 32.1. The summed E-state index contributed by atoms with van der Waals surface area (Å²) < 4.78 is 10.6. The summed E-state index contributed by atoms with van der Waals surface area (Å²) in [7, 11) is 0. The highest BCUT2D eigenvalue weighted by molar-refractivity contribution is 7.13. The van der Waals surface area contributed by atoms with E-state index in [4.69, 9.17) is 9.47 Å². The van der Waals surface area contributed by atoms with Gasteiger partial charge in [0.25, 0.3) is 0 Å². The number of carbonyl (C=O) groups is 2. The second kappa shape index (κ2) is 8.29. The van der Waals surface area contributed by atoms with Crippen molar-refractivity contribution in [3.63, 3.8) is 0 Å². The van der Waals surface area contributed by atoms with E-state index in [1.54, 1.807) is 0 Å². The van der Waals surface area contributed by atoms with Crippen LogP contribution in [0.15, 0.2) is 29.6 Å². The van der Waals surface area contributed by atoms with Gasteiger partial charge in [0.15, 0.2) is 6.04 Å². The Labute approximate surface area is 155 Å². The maximum absolute atomic E-state index is 12.5. The fourth-order valence-electron chi connectivity index (χ4n) is 2.74. The first-order chi connectivity index (χ1) is 12.6. The van der Waals surface area contributed by atoms with E-state index in [-0.39, 0.29) is 25.5 Å². The minimum atomic E-state index is -1.05. The molecule has 0 spiro atoms. The van der Waals surface area contributed by atoms with Crippen molar-refractivity contribution in [3.05, 3.63) is 35.3 Å². The molecular weight excluding hydrogens is 356 g/mol. The lowest BCUT2D eigenvalue weighted by Gasteiger charge is -2.32. The lowest BCUT2D eigenvalue weighted by molar-refractivity contribution is -0.158. The molecule has 7 nitrogen and oxygen atoms in total. The number of aliphatic carboxylic acids is 1. The maximum Gasteiger partial charge on any atom is 0.328 e. The smallest absolute Gasteiger partial charge is 0.328 e. The van der Waals surface area contributed by atoms with Crippen molar-refractivity contribution in [2.45, 2.75) is 19.4 Å². The Bertz CT molecular complexity index is 774. The molecule has 1 atom stereocenters. The fourth-order valence-corrected chi connectivity index (χ4v) is 3.57. The van der Waals surface area contributed by atoms with Crippen LogP contribution in [0.25, 0.3) is 10.6 Å². The van der Waals surface area contributed by atoms with Gasteiger partial charge in [0.2, 0.25) is 5.91 Å². The second-order valence-electron chi connectivity index (χ2n) is 5.79. The molecule has 1 amide bonds. The Morgan fingerprint density at radius 1 is 1.38 bits per heavy atom. The Morgan fingerprint density at radius 2 is 2.15 bits per heavy atom. The summed E-state index contributed by atoms with van der Waals surface area (Å²) in [5.74, 6) is -0.495. The van der Waals surface area contributed by atoms with Crippen LogP contribution in [0.5, 0.6) is 5.75 Å². The van der Waals surface area contributed by atoms with Gasteiger partial charge in [0.05, 0.1) is 31.9 Å². The average molecular weight is 376 g/mol. The highest BCUT2D eigenvalue weighted by Gasteiger charge is 2.32. The Morgan fingerprint density at radius 3 is 2.85 bits per heavy atom. The fraction of sp³-hybridized carbons (Fsp3) is 0.389. The summed E-state index contributed by atoms with van der Waals surface area (Å²) in [4.78, 5) is 29.7. The summed E-state index contributed by atoms with van der Waals surface area (Å²) in [5, 5.41) is 11.9. The van der Waals surface area contributed by atoms with Gasteiger partial charge in [-0.05, 0) is 31.2 Å². The van der Waals surface area contributed by atoms with E-state index in [0.717, 1.165) is 16.3 Å². The number of hydrogen-bond acceptors (Lipinski definition) is 6. The summed E-state index contributed by atoms with van der Waals surface area (Å²) in [6, 6.07) is 6.70. The summed E-state index contributed by atoms with van der Waals surface area (Å²) >= 11 is 1.45. The molecule has 138 valence electrons. The van der Waals surface area contributed by atoms with E-state index >= 15 is 0 Å². The van der Waals surface area contributed by atoms with Gasteiger partial charge in [-0.1, -0.05) is 0 Å². The number of benzene rings is 1. The minimum absolute atomic E-state index is 0.0234. The number of thiazole rings is 1. The minimum Gasteiger partial charge on any atom is -0.494 e. The van der Waals surface area contributed by atoms with Gasteiger partial charge in [-0.3, -0.25) is 4.79 Å². The van der Waals surface area contributed by atoms with Crippen molar-refractivity contribution in [3.8, 4) is 16.3 Å². The van der Waals surface area contributed by atoms with Crippen LogP contribution in [0.2, 0.25) is 0 Å². The SMILES string of the molecule is CCOc1ccc(-c2nc(CC(=O)N3CCOC[C@H]3C(=O)O)cs2)cc1. The third-order valence-corrected chi connectivity index (χ3v) is 4.97. The van der Waals surface area contributed by atoms with E-state index in [9.17, 15) is 14.7 Å². The van der Waals surface area contributed by atoms with Crippen molar-refractivity contribution in [2.24, 2.45) is 0 Å². The molecule has 0 unspecified atom stereocenters. The normalized spacial score (nSPS) is 17.1. The monoisotopic (exact) mass is 376 g/mol. The molecule has 0 radical (unpaired) electrons. The Balaban J connectivity index is 1.67. The van der Waals surface area contributed by atoms with Gasteiger partial charge < -0.3 is 19.5 Å². The van der Waals surface area contributed by atoms with Crippen molar-refractivity contribution in [1.82, 2.24) is 9.88 Å². The third-order valence-electron chi connectivity index (χ3n) is 4.03. The number of aromatic nitrogens is 1. The van der Waals surface area contributed by atoms with Crippen LogP contribution in [0.4, 0.5) is 0 Å². The predicted octanol–water partition coefficient (Wildman–Crippen LogP) is 2.06. The zero-order valence-electron chi connectivity index (χ0n) is 14.4. The lowest BCUT2D eigenvalue weighted by Crippen LogP contribution is -2.53. The number of hydrogen-bond donors (Lipinski definition) is 1. The molecule has 0 aliphatic carbocycles. The number of carboxylic acids is 1. The molecule has 2 aromatic rings. The second-order valence-corrected chi connectivity index (χ2v) is 6.65. The van der Waals surface area contributed by atoms with Crippen molar-refractivity contribution < 1.29 is 24.2 Å². The predicted molar refractivity (Wildman–Crippen MR) is 96.4 cm³/mol. The topological polar surface area (TPSA) is 89.0 Å². The van der Waals surface area contributed by atoms with Crippen LogP contribution in [0.3, 0.4) is 0 Å². The van der Waals surface area contributed by atoms with E-state index in [2.05, 4.69) is 4.98 Å². The van der Waals surface area contributed by atoms with Crippen molar-refractivity contribution in [1.29, 1.82) is 0 Å². The van der Waals surface area contributed by atoms with E-state index in [1.165, 1.54) is 16.2 Å². The average Bonchev–Trinajstić information content (AvgIpc) is 3.11. The standard InChI is InChI=1S/C18H20N2O5S/c1-2-25-14-5-3-12(4-6-14)17-19-13(11-26-17)9-16(21)20-7-8-24-10-15(20)18(22)23/h3-6,11,15H,2,7-10H2,1H3,(H,22,23)/t15-/m0/s1. The van der Waals surface area contributed by atoms with E-state index in [1.807, 2.05) is 36.6 Å². The zero-order chi connectivity index (χ0) is 18.5. The number of rotatable bonds is 6. The first kappa shape index (κ1) is 18.3.